The second-order valence-corrected chi connectivity index (χ2v) is 7.02. The Morgan fingerprint density at radius 2 is 1.73 bits per heavy atom. The molecule has 0 aliphatic heterocycles. The van der Waals surface area contributed by atoms with Gasteiger partial charge in [0, 0.05) is 12.6 Å². The van der Waals surface area contributed by atoms with Crippen LogP contribution >= 0.6 is 11.6 Å². The van der Waals surface area contributed by atoms with Crippen molar-refractivity contribution in [3.05, 3.63) is 58.6 Å². The molecule has 0 aliphatic rings. The molecule has 0 bridgehead atoms. The molecule has 1 atom stereocenters. The Balaban J connectivity index is 2.37. The van der Waals surface area contributed by atoms with Crippen LogP contribution in [0.1, 0.15) is 37.9 Å². The monoisotopic (exact) mass is 441 g/mol. The van der Waals surface area contributed by atoms with Crippen molar-refractivity contribution in [2.45, 2.75) is 33.0 Å². The van der Waals surface area contributed by atoms with Crippen molar-refractivity contribution in [1.29, 1.82) is 0 Å². The third kappa shape index (κ3) is 5.96. The Morgan fingerprint density at radius 3 is 2.27 bits per heavy atom. The summed E-state index contributed by atoms with van der Waals surface area (Å²) in [7, 11) is 0. The van der Waals surface area contributed by atoms with Crippen molar-refractivity contribution in [3.8, 4) is 0 Å². The summed E-state index contributed by atoms with van der Waals surface area (Å²) >= 11 is 6.21. The third-order valence-corrected chi connectivity index (χ3v) is 4.82. The fourth-order valence-corrected chi connectivity index (χ4v) is 3.33. The zero-order chi connectivity index (χ0) is 22.5. The molecule has 0 radical (unpaired) electrons. The van der Waals surface area contributed by atoms with Crippen molar-refractivity contribution in [1.82, 2.24) is 4.90 Å². The molecule has 2 N–H and O–H groups in total. The second-order valence-electron chi connectivity index (χ2n) is 6.61. The van der Waals surface area contributed by atoms with Crippen LogP contribution in [-0.4, -0.2) is 29.8 Å². The van der Waals surface area contributed by atoms with Gasteiger partial charge in [0.05, 0.1) is 16.3 Å². The smallest absolute Gasteiger partial charge is 0.326 e. The van der Waals surface area contributed by atoms with E-state index < -0.39 is 23.7 Å². The van der Waals surface area contributed by atoms with Gasteiger partial charge >= 0.3 is 6.18 Å². The summed E-state index contributed by atoms with van der Waals surface area (Å²) in [5, 5.41) is 5.46. The van der Waals surface area contributed by atoms with Gasteiger partial charge in [-0.1, -0.05) is 37.6 Å². The maximum atomic E-state index is 13.2. The molecule has 0 spiro atoms. The Kier molecular flexibility index (Phi) is 7.86. The number of halogens is 4. The first-order valence-corrected chi connectivity index (χ1v) is 9.73. The summed E-state index contributed by atoms with van der Waals surface area (Å²) in [5.41, 5.74) is 0.170. The van der Waals surface area contributed by atoms with Crippen molar-refractivity contribution >= 4 is 34.8 Å². The molecule has 0 saturated heterocycles. The van der Waals surface area contributed by atoms with E-state index >= 15 is 0 Å². The van der Waals surface area contributed by atoms with E-state index in [0.29, 0.717) is 24.5 Å². The third-order valence-electron chi connectivity index (χ3n) is 4.50. The zero-order valence-corrected chi connectivity index (χ0v) is 17.6. The Bertz CT molecular complexity index is 915. The number of benzene rings is 2. The van der Waals surface area contributed by atoms with Crippen LogP contribution in [0.25, 0.3) is 0 Å². The predicted octanol–water partition coefficient (Wildman–Crippen LogP) is 5.34. The summed E-state index contributed by atoms with van der Waals surface area (Å²) in [6, 6.07) is 8.39. The van der Waals surface area contributed by atoms with Crippen molar-refractivity contribution < 1.29 is 22.8 Å². The number of nitrogens with zero attached hydrogens (tertiary/aromatic N) is 1. The first-order valence-electron chi connectivity index (χ1n) is 9.36. The van der Waals surface area contributed by atoms with Gasteiger partial charge in [-0.2, -0.15) is 13.2 Å². The minimum absolute atomic E-state index is 0.192. The van der Waals surface area contributed by atoms with Crippen LogP contribution in [0.15, 0.2) is 42.5 Å². The Hall–Kier alpha value is -2.58. The number of nitrogens with one attached hydrogen (secondary N) is 2. The molecule has 162 valence electrons. The summed E-state index contributed by atoms with van der Waals surface area (Å²) < 4.78 is 39.5. The van der Waals surface area contributed by atoms with E-state index in [1.165, 1.54) is 31.2 Å². The Labute approximate surface area is 178 Å². The van der Waals surface area contributed by atoms with E-state index in [2.05, 4.69) is 10.6 Å². The summed E-state index contributed by atoms with van der Waals surface area (Å²) in [6.07, 6.45) is -4.51. The molecule has 0 heterocycles. The highest BCUT2D eigenvalue weighted by molar-refractivity contribution is 6.34. The van der Waals surface area contributed by atoms with Gasteiger partial charge in [-0.3, -0.25) is 14.5 Å². The fourth-order valence-electron chi connectivity index (χ4n) is 3.10. The minimum Gasteiger partial charge on any atom is -0.326 e. The number of anilines is 2. The number of rotatable bonds is 7. The molecule has 5 nitrogen and oxygen atoms in total. The van der Waals surface area contributed by atoms with Gasteiger partial charge in [0.2, 0.25) is 11.8 Å². The maximum absolute atomic E-state index is 13.2. The number of carbonyl (C=O) groups excluding carboxylic acids is 2. The average Bonchev–Trinajstić information content (AvgIpc) is 2.67. The highest BCUT2D eigenvalue weighted by Gasteiger charge is 2.33. The molecule has 0 fully saturated rings. The van der Waals surface area contributed by atoms with Gasteiger partial charge in [-0.25, -0.2) is 0 Å². The first kappa shape index (κ1) is 23.7. The van der Waals surface area contributed by atoms with E-state index in [9.17, 15) is 22.8 Å². The lowest BCUT2D eigenvalue weighted by molar-refractivity contribution is -0.137. The van der Waals surface area contributed by atoms with Gasteiger partial charge in [-0.05, 0) is 49.0 Å². The van der Waals surface area contributed by atoms with E-state index in [1.54, 1.807) is 11.0 Å². The van der Waals surface area contributed by atoms with Gasteiger partial charge < -0.3 is 10.6 Å². The summed E-state index contributed by atoms with van der Waals surface area (Å²) in [4.78, 5) is 26.0. The maximum Gasteiger partial charge on any atom is 0.416 e. The molecule has 2 amide bonds. The lowest BCUT2D eigenvalue weighted by Gasteiger charge is -2.29. The van der Waals surface area contributed by atoms with Crippen molar-refractivity contribution in [2.24, 2.45) is 0 Å². The molecule has 9 heteroatoms. The fraction of sp³-hybridized carbons (Fsp3) is 0.333. The van der Waals surface area contributed by atoms with Crippen LogP contribution in [0.3, 0.4) is 0 Å². The van der Waals surface area contributed by atoms with E-state index in [4.69, 9.17) is 11.6 Å². The molecule has 2 rings (SSSR count). The van der Waals surface area contributed by atoms with Crippen LogP contribution in [0.4, 0.5) is 24.5 Å². The van der Waals surface area contributed by atoms with Crippen LogP contribution in [0, 0.1) is 0 Å². The molecule has 0 unspecified atom stereocenters. The van der Waals surface area contributed by atoms with Gasteiger partial charge in [-0.15, -0.1) is 0 Å². The van der Waals surface area contributed by atoms with E-state index in [1.807, 2.05) is 13.8 Å². The number of carbonyl (C=O) groups is 2. The molecule has 0 saturated carbocycles. The first-order chi connectivity index (χ1) is 14.1. The predicted molar refractivity (Wildman–Crippen MR) is 111 cm³/mol. The lowest BCUT2D eigenvalue weighted by Crippen LogP contribution is -2.37. The molecule has 0 aromatic heterocycles. The summed E-state index contributed by atoms with van der Waals surface area (Å²) in [6.45, 7) is 5.92. The molecule has 30 heavy (non-hydrogen) atoms. The van der Waals surface area contributed by atoms with E-state index in [-0.39, 0.29) is 16.5 Å². The van der Waals surface area contributed by atoms with Crippen LogP contribution in [0.2, 0.25) is 5.02 Å². The van der Waals surface area contributed by atoms with Crippen molar-refractivity contribution in [2.75, 3.05) is 23.7 Å². The topological polar surface area (TPSA) is 61.4 Å². The van der Waals surface area contributed by atoms with Crippen molar-refractivity contribution in [3.63, 3.8) is 0 Å². The quantitative estimate of drug-likeness (QED) is 0.609. The zero-order valence-electron chi connectivity index (χ0n) is 16.8. The van der Waals surface area contributed by atoms with E-state index in [0.717, 1.165) is 12.1 Å². The van der Waals surface area contributed by atoms with Gasteiger partial charge in [0.25, 0.3) is 0 Å². The van der Waals surface area contributed by atoms with Gasteiger partial charge in [0.15, 0.2) is 0 Å². The number of hydrogen-bond donors (Lipinski definition) is 2. The SMILES string of the molecule is CCN(CC)[C@@H](C(=O)Nc1ccc(NC(C)=O)cc1Cl)c1cccc(C(F)(F)F)c1. The standard InChI is InChI=1S/C21H23ClF3N3O2/c1-4-28(5-2)19(14-7-6-8-15(11-14)21(23,24)25)20(30)27-18-10-9-16(12-17(18)22)26-13(3)29/h6-12,19H,4-5H2,1-3H3,(H,26,29)(H,27,30)/t19-/m1/s1. The molecule has 2 aromatic rings. The minimum atomic E-state index is -4.51. The molecule has 0 aliphatic carbocycles. The normalized spacial score (nSPS) is 12.5. The largest absolute Gasteiger partial charge is 0.416 e. The molecule has 2 aromatic carbocycles. The molecular formula is C21H23ClF3N3O2. The van der Waals surface area contributed by atoms with Gasteiger partial charge in [0.1, 0.15) is 6.04 Å². The average molecular weight is 442 g/mol. The van der Waals surface area contributed by atoms with Crippen LogP contribution < -0.4 is 10.6 Å². The Morgan fingerprint density at radius 1 is 1.07 bits per heavy atom. The number of hydrogen-bond acceptors (Lipinski definition) is 3. The number of alkyl halides is 3. The second kappa shape index (κ2) is 9.95. The number of likely N-dealkylation sites (N-methyl/N-ethyl adjacent to an activating group) is 1. The lowest BCUT2D eigenvalue weighted by atomic mass is 10.0. The molecular weight excluding hydrogens is 419 g/mol. The summed E-state index contributed by atoms with van der Waals surface area (Å²) in [5.74, 6) is -0.777. The highest BCUT2D eigenvalue weighted by atomic mass is 35.5. The van der Waals surface area contributed by atoms with Crippen LogP contribution in [0.5, 0.6) is 0 Å². The highest BCUT2D eigenvalue weighted by Crippen LogP contribution is 2.33. The van der Waals surface area contributed by atoms with Crippen LogP contribution in [-0.2, 0) is 15.8 Å². The number of amides is 2.